The summed E-state index contributed by atoms with van der Waals surface area (Å²) < 4.78 is 16.9. The molecule has 10 nitrogen and oxygen atoms in total. The maximum atomic E-state index is 15.3. The molecular formula is C23H20FN9O. The fraction of sp³-hybridized carbons (Fsp3) is 0.217. The molecule has 2 atom stereocenters. The molecule has 1 amide bonds. The Balaban J connectivity index is 1.42. The minimum atomic E-state index is -1.25. The van der Waals surface area contributed by atoms with E-state index in [9.17, 15) is 4.79 Å². The van der Waals surface area contributed by atoms with E-state index in [1.807, 2.05) is 30.5 Å². The van der Waals surface area contributed by atoms with Crippen molar-refractivity contribution in [3.05, 3.63) is 66.4 Å². The average Bonchev–Trinajstić information content (AvgIpc) is 3.31. The van der Waals surface area contributed by atoms with Gasteiger partial charge in [-0.2, -0.15) is 10.4 Å². The number of anilines is 2. The smallest absolute Gasteiger partial charge is 0.252 e. The van der Waals surface area contributed by atoms with Gasteiger partial charge in [0.2, 0.25) is 0 Å². The number of hydrogen-bond donors (Lipinski definition) is 2. The highest BCUT2D eigenvalue weighted by molar-refractivity contribution is 6.02. The molecule has 0 spiro atoms. The Kier molecular flexibility index (Phi) is 5.47. The number of rotatable bonds is 5. The molecular weight excluding hydrogens is 437 g/mol. The van der Waals surface area contributed by atoms with Crippen molar-refractivity contribution >= 4 is 22.9 Å². The van der Waals surface area contributed by atoms with E-state index in [2.05, 4.69) is 25.6 Å². The van der Waals surface area contributed by atoms with E-state index in [1.54, 1.807) is 33.9 Å². The molecule has 0 aromatic carbocycles. The minimum absolute atomic E-state index is 0.0921. The predicted octanol–water partition coefficient (Wildman–Crippen LogP) is 2.19. The molecule has 0 radical (unpaired) electrons. The first-order valence-corrected chi connectivity index (χ1v) is 10.6. The fourth-order valence-corrected chi connectivity index (χ4v) is 4.11. The zero-order valence-corrected chi connectivity index (χ0v) is 18.0. The average molecular weight is 457 g/mol. The number of nitriles is 1. The molecule has 0 unspecified atom stereocenters. The first-order valence-electron chi connectivity index (χ1n) is 10.6. The normalized spacial score (nSPS) is 17.9. The largest absolute Gasteiger partial charge is 0.377 e. The van der Waals surface area contributed by atoms with Crippen LogP contribution >= 0.6 is 0 Å². The highest BCUT2D eigenvalue weighted by Gasteiger charge is 2.31. The molecule has 5 heterocycles. The molecule has 1 aliphatic heterocycles. The zero-order valence-electron chi connectivity index (χ0n) is 18.0. The summed E-state index contributed by atoms with van der Waals surface area (Å²) in [5, 5.41) is 24.3. The van der Waals surface area contributed by atoms with E-state index in [4.69, 9.17) is 11.0 Å². The van der Waals surface area contributed by atoms with Crippen molar-refractivity contribution in [2.24, 2.45) is 5.73 Å². The number of nitrogens with zero attached hydrogens (tertiary/aromatic N) is 7. The van der Waals surface area contributed by atoms with Gasteiger partial charge < -0.3 is 16.0 Å². The van der Waals surface area contributed by atoms with E-state index < -0.39 is 18.1 Å². The molecule has 4 aromatic heterocycles. The lowest BCUT2D eigenvalue weighted by molar-refractivity contribution is 0.100. The number of nitrogens with two attached hydrogens (primary N) is 1. The van der Waals surface area contributed by atoms with Crippen molar-refractivity contribution in [3.63, 3.8) is 0 Å². The number of aromatic nitrogens is 5. The van der Waals surface area contributed by atoms with Gasteiger partial charge in [-0.15, -0.1) is 10.2 Å². The van der Waals surface area contributed by atoms with Gasteiger partial charge in [0.15, 0.2) is 11.5 Å². The lowest BCUT2D eigenvalue weighted by Gasteiger charge is -2.36. The van der Waals surface area contributed by atoms with Crippen LogP contribution in [0.5, 0.6) is 0 Å². The SMILES string of the molecule is N#Cc1ccc(N2CC[C@@H](Nc3c(C(N)=O)cnn4cc(-c5ccncc5)cc34)[C@@H](F)C2)nn1. The molecule has 170 valence electrons. The second-order valence-electron chi connectivity index (χ2n) is 7.98. The minimum Gasteiger partial charge on any atom is -0.377 e. The lowest BCUT2D eigenvalue weighted by atomic mass is 10.0. The van der Waals surface area contributed by atoms with Gasteiger partial charge in [0.05, 0.1) is 35.6 Å². The Morgan fingerprint density at radius 2 is 2.03 bits per heavy atom. The van der Waals surface area contributed by atoms with Crippen LogP contribution in [0.25, 0.3) is 16.6 Å². The van der Waals surface area contributed by atoms with Crippen LogP contribution in [0, 0.1) is 11.3 Å². The molecule has 5 rings (SSSR count). The maximum Gasteiger partial charge on any atom is 0.252 e. The van der Waals surface area contributed by atoms with Crippen molar-refractivity contribution in [3.8, 4) is 17.2 Å². The van der Waals surface area contributed by atoms with Gasteiger partial charge in [0.1, 0.15) is 12.2 Å². The van der Waals surface area contributed by atoms with Gasteiger partial charge in [0.25, 0.3) is 5.91 Å². The van der Waals surface area contributed by atoms with Gasteiger partial charge >= 0.3 is 0 Å². The molecule has 1 fully saturated rings. The Labute approximate surface area is 193 Å². The number of nitrogens with one attached hydrogen (secondary N) is 1. The van der Waals surface area contributed by atoms with Crippen LogP contribution in [0.15, 0.2) is 55.1 Å². The monoisotopic (exact) mass is 457 g/mol. The Morgan fingerprint density at radius 3 is 2.71 bits per heavy atom. The first kappa shape index (κ1) is 21.3. The summed E-state index contributed by atoms with van der Waals surface area (Å²) in [7, 11) is 0. The first-order chi connectivity index (χ1) is 16.5. The number of fused-ring (bicyclic) bond motifs is 1. The van der Waals surface area contributed by atoms with Crippen LogP contribution in [0.4, 0.5) is 15.9 Å². The summed E-state index contributed by atoms with van der Waals surface area (Å²) in [4.78, 5) is 18.0. The number of carbonyl (C=O) groups is 1. The maximum absolute atomic E-state index is 15.3. The molecule has 4 aromatic rings. The summed E-state index contributed by atoms with van der Waals surface area (Å²) in [6.07, 6.45) is 5.81. The van der Waals surface area contributed by atoms with E-state index in [-0.39, 0.29) is 17.8 Å². The van der Waals surface area contributed by atoms with Gasteiger partial charge in [-0.25, -0.2) is 8.91 Å². The van der Waals surface area contributed by atoms with E-state index >= 15 is 4.39 Å². The third-order valence-corrected chi connectivity index (χ3v) is 5.88. The molecule has 0 saturated carbocycles. The van der Waals surface area contributed by atoms with Crippen LogP contribution in [-0.2, 0) is 0 Å². The highest BCUT2D eigenvalue weighted by Crippen LogP contribution is 2.30. The number of piperidine rings is 1. The summed E-state index contributed by atoms with van der Waals surface area (Å²) in [6, 6.07) is 10.2. The summed E-state index contributed by atoms with van der Waals surface area (Å²) in [5.74, 6) is -0.136. The topological polar surface area (TPSA) is 138 Å². The molecule has 0 bridgehead atoms. The Hall–Kier alpha value is -4.59. The quantitative estimate of drug-likeness (QED) is 0.465. The molecule has 34 heavy (non-hydrogen) atoms. The van der Waals surface area contributed by atoms with Gasteiger partial charge in [-0.05, 0) is 42.3 Å². The van der Waals surface area contributed by atoms with Crippen LogP contribution in [0.1, 0.15) is 22.5 Å². The van der Waals surface area contributed by atoms with Crippen molar-refractivity contribution in [2.75, 3.05) is 23.3 Å². The number of alkyl halides is 1. The molecule has 1 aliphatic rings. The summed E-state index contributed by atoms with van der Waals surface area (Å²) >= 11 is 0. The van der Waals surface area contributed by atoms with E-state index in [0.717, 1.165) is 11.1 Å². The zero-order chi connectivity index (χ0) is 23.7. The van der Waals surface area contributed by atoms with E-state index in [0.29, 0.717) is 30.0 Å². The Morgan fingerprint density at radius 1 is 1.21 bits per heavy atom. The predicted molar refractivity (Wildman–Crippen MR) is 123 cm³/mol. The number of hydrogen-bond acceptors (Lipinski definition) is 8. The van der Waals surface area contributed by atoms with Crippen molar-refractivity contribution in [1.82, 2.24) is 24.8 Å². The van der Waals surface area contributed by atoms with Crippen molar-refractivity contribution in [1.29, 1.82) is 5.26 Å². The van der Waals surface area contributed by atoms with Crippen molar-refractivity contribution in [2.45, 2.75) is 18.6 Å². The summed E-state index contributed by atoms with van der Waals surface area (Å²) in [5.41, 5.74) is 8.89. The number of carbonyl (C=O) groups excluding carboxylic acids is 1. The third-order valence-electron chi connectivity index (χ3n) is 5.88. The van der Waals surface area contributed by atoms with E-state index in [1.165, 1.54) is 6.20 Å². The van der Waals surface area contributed by atoms with Gasteiger partial charge in [0, 0.05) is 30.7 Å². The molecule has 0 aliphatic carbocycles. The molecule has 1 saturated heterocycles. The fourth-order valence-electron chi connectivity index (χ4n) is 4.11. The van der Waals surface area contributed by atoms with Gasteiger partial charge in [-0.1, -0.05) is 0 Å². The number of halogens is 1. The van der Waals surface area contributed by atoms with Crippen molar-refractivity contribution < 1.29 is 9.18 Å². The highest BCUT2D eigenvalue weighted by atomic mass is 19.1. The standard InChI is InChI=1S/C23H20FN9O/c24-18-13-32(21-2-1-16(10-25)30-31-21)8-5-19(18)29-22-17(23(26)34)11-28-33-12-15(9-20(22)33)14-3-6-27-7-4-14/h1-4,6-7,9,11-12,18-19,29H,5,8,13H2,(H2,26,34)/t18-,19+/m0/s1. The lowest BCUT2D eigenvalue weighted by Crippen LogP contribution is -2.48. The van der Waals surface area contributed by atoms with Crippen LogP contribution < -0.4 is 16.0 Å². The second kappa shape index (κ2) is 8.74. The van der Waals surface area contributed by atoms with Crippen LogP contribution in [-0.4, -0.2) is 56.0 Å². The van der Waals surface area contributed by atoms with Crippen LogP contribution in [0.2, 0.25) is 0 Å². The third kappa shape index (κ3) is 3.97. The second-order valence-corrected chi connectivity index (χ2v) is 7.98. The number of amides is 1. The Bertz CT molecular complexity index is 1380. The van der Waals surface area contributed by atoms with Gasteiger partial charge in [-0.3, -0.25) is 9.78 Å². The summed E-state index contributed by atoms with van der Waals surface area (Å²) in [6.45, 7) is 0.615. The molecule has 11 heteroatoms. The number of pyridine rings is 1. The number of primary amides is 1. The van der Waals surface area contributed by atoms with Crippen LogP contribution in [0.3, 0.4) is 0 Å². The molecule has 3 N–H and O–H groups in total.